The second-order valence-electron chi connectivity index (χ2n) is 7.59. The predicted molar refractivity (Wildman–Crippen MR) is 111 cm³/mol. The molecule has 0 unspecified atom stereocenters. The zero-order valence-corrected chi connectivity index (χ0v) is 16.4. The van der Waals surface area contributed by atoms with Gasteiger partial charge in [-0.15, -0.1) is 0 Å². The van der Waals surface area contributed by atoms with Gasteiger partial charge in [-0.25, -0.2) is 15.0 Å². The number of nitrogens with zero attached hydrogens (tertiary/aromatic N) is 5. The van der Waals surface area contributed by atoms with Crippen LogP contribution in [0.2, 0.25) is 0 Å². The fourth-order valence-corrected chi connectivity index (χ4v) is 3.38. The Hall–Kier alpha value is -3.50. The first-order valence-electron chi connectivity index (χ1n) is 9.48. The summed E-state index contributed by atoms with van der Waals surface area (Å²) in [5.74, 6) is 1.44. The van der Waals surface area contributed by atoms with Crippen LogP contribution in [0.4, 0.5) is 17.3 Å². The van der Waals surface area contributed by atoms with Crippen LogP contribution >= 0.6 is 0 Å². The van der Waals surface area contributed by atoms with Crippen molar-refractivity contribution in [3.05, 3.63) is 71.3 Å². The lowest BCUT2D eigenvalue weighted by atomic mass is 10.0. The lowest BCUT2D eigenvalue weighted by molar-refractivity contribution is 0.0782. The van der Waals surface area contributed by atoms with Crippen LogP contribution in [-0.4, -0.2) is 26.6 Å². The van der Waals surface area contributed by atoms with Gasteiger partial charge in [-0.05, 0) is 50.6 Å². The summed E-state index contributed by atoms with van der Waals surface area (Å²) in [6, 6.07) is 13.5. The second kappa shape index (κ2) is 7.49. The van der Waals surface area contributed by atoms with Crippen LogP contribution in [0.15, 0.2) is 48.9 Å². The number of rotatable bonds is 4. The summed E-state index contributed by atoms with van der Waals surface area (Å²) < 4.78 is 0. The minimum Gasteiger partial charge on any atom is -0.386 e. The van der Waals surface area contributed by atoms with E-state index in [1.54, 1.807) is 26.4 Å². The molecule has 0 atom stereocenters. The molecular formula is C22H22N6O. The van der Waals surface area contributed by atoms with Crippen LogP contribution in [0, 0.1) is 11.3 Å². The van der Waals surface area contributed by atoms with Crippen LogP contribution in [0.3, 0.4) is 0 Å². The maximum absolute atomic E-state index is 10.1. The van der Waals surface area contributed by atoms with Gasteiger partial charge in [0.25, 0.3) is 0 Å². The zero-order valence-electron chi connectivity index (χ0n) is 16.4. The van der Waals surface area contributed by atoms with Crippen molar-refractivity contribution in [2.45, 2.75) is 32.4 Å². The van der Waals surface area contributed by atoms with Crippen molar-refractivity contribution in [3.63, 3.8) is 0 Å². The zero-order chi connectivity index (χ0) is 20.4. The summed E-state index contributed by atoms with van der Waals surface area (Å²) in [4.78, 5) is 15.5. The van der Waals surface area contributed by atoms with Crippen molar-refractivity contribution >= 4 is 17.3 Å². The first kappa shape index (κ1) is 18.8. The van der Waals surface area contributed by atoms with Gasteiger partial charge in [-0.3, -0.25) is 0 Å². The van der Waals surface area contributed by atoms with E-state index in [-0.39, 0.29) is 0 Å². The van der Waals surface area contributed by atoms with Gasteiger partial charge in [-0.2, -0.15) is 5.26 Å². The first-order chi connectivity index (χ1) is 13.9. The molecule has 4 rings (SSSR count). The predicted octanol–water partition coefficient (Wildman–Crippen LogP) is 3.28. The number of nitrogens with one attached hydrogen (secondary N) is 1. The highest BCUT2D eigenvalue weighted by Gasteiger charge is 2.22. The molecule has 2 aromatic heterocycles. The molecule has 0 aliphatic carbocycles. The van der Waals surface area contributed by atoms with E-state index in [4.69, 9.17) is 5.26 Å². The molecule has 0 spiro atoms. The molecule has 146 valence electrons. The Bertz CT molecular complexity index is 1050. The van der Waals surface area contributed by atoms with E-state index in [0.29, 0.717) is 17.9 Å². The van der Waals surface area contributed by atoms with Crippen LogP contribution in [0.5, 0.6) is 0 Å². The summed E-state index contributed by atoms with van der Waals surface area (Å²) in [7, 11) is 0. The molecule has 0 fully saturated rings. The highest BCUT2D eigenvalue weighted by Crippen LogP contribution is 2.28. The van der Waals surface area contributed by atoms with Gasteiger partial charge in [0.2, 0.25) is 0 Å². The van der Waals surface area contributed by atoms with E-state index in [9.17, 15) is 5.11 Å². The maximum Gasteiger partial charge on any atom is 0.138 e. The van der Waals surface area contributed by atoms with Crippen molar-refractivity contribution in [2.75, 3.05) is 16.8 Å². The third kappa shape index (κ3) is 4.03. The van der Waals surface area contributed by atoms with Gasteiger partial charge < -0.3 is 15.3 Å². The Morgan fingerprint density at radius 3 is 2.55 bits per heavy atom. The number of pyridine rings is 1. The molecular weight excluding hydrogens is 364 g/mol. The van der Waals surface area contributed by atoms with Crippen molar-refractivity contribution < 1.29 is 5.11 Å². The average molecular weight is 386 g/mol. The van der Waals surface area contributed by atoms with Gasteiger partial charge in [0.1, 0.15) is 18.0 Å². The normalized spacial score (nSPS) is 13.5. The van der Waals surface area contributed by atoms with Crippen LogP contribution in [0.1, 0.15) is 36.2 Å². The van der Waals surface area contributed by atoms with Gasteiger partial charge >= 0.3 is 0 Å². The summed E-state index contributed by atoms with van der Waals surface area (Å²) in [6.07, 6.45) is 4.04. The lowest BCUT2D eigenvalue weighted by Crippen LogP contribution is -2.31. The van der Waals surface area contributed by atoms with Crippen molar-refractivity contribution in [3.8, 4) is 6.07 Å². The third-order valence-electron chi connectivity index (χ3n) is 5.08. The number of benzene rings is 1. The molecule has 1 aliphatic heterocycles. The molecule has 7 heteroatoms. The molecule has 29 heavy (non-hydrogen) atoms. The van der Waals surface area contributed by atoms with Crippen molar-refractivity contribution in [1.29, 1.82) is 5.26 Å². The van der Waals surface area contributed by atoms with E-state index in [0.717, 1.165) is 41.3 Å². The number of aromatic nitrogens is 3. The van der Waals surface area contributed by atoms with E-state index in [2.05, 4.69) is 31.2 Å². The fraction of sp³-hybridized carbons (Fsp3) is 0.273. The second-order valence-corrected chi connectivity index (χ2v) is 7.59. The van der Waals surface area contributed by atoms with Crippen molar-refractivity contribution in [2.24, 2.45) is 0 Å². The number of hydrogen-bond acceptors (Lipinski definition) is 7. The number of aliphatic hydroxyl groups is 1. The smallest absolute Gasteiger partial charge is 0.138 e. The highest BCUT2D eigenvalue weighted by molar-refractivity contribution is 5.59. The first-order valence-corrected chi connectivity index (χ1v) is 9.48. The Morgan fingerprint density at radius 1 is 1.10 bits per heavy atom. The van der Waals surface area contributed by atoms with Crippen LogP contribution in [-0.2, 0) is 18.6 Å². The Kier molecular flexibility index (Phi) is 4.87. The number of anilines is 3. The third-order valence-corrected chi connectivity index (χ3v) is 5.08. The van der Waals surface area contributed by atoms with E-state index in [1.165, 1.54) is 0 Å². The quantitative estimate of drug-likeness (QED) is 0.710. The standard InChI is InChI=1S/C22H22N6O/c1-22(2,29)16-5-8-20(24-12-16)27-21-18-9-10-28(13-19(18)25-14-26-21)17-6-3-15(11-23)4-7-17/h3-8,12,14,29H,9-10,13H2,1-2H3,(H,24,25,26,27). The Labute approximate surface area is 169 Å². The molecule has 1 aliphatic rings. The molecule has 0 amide bonds. The monoisotopic (exact) mass is 386 g/mol. The van der Waals surface area contributed by atoms with E-state index < -0.39 is 5.60 Å². The van der Waals surface area contributed by atoms with Gasteiger partial charge in [0.15, 0.2) is 0 Å². The summed E-state index contributed by atoms with van der Waals surface area (Å²) in [5, 5.41) is 22.3. The lowest BCUT2D eigenvalue weighted by Gasteiger charge is -2.30. The Morgan fingerprint density at radius 2 is 1.90 bits per heavy atom. The molecule has 2 N–H and O–H groups in total. The summed E-state index contributed by atoms with van der Waals surface area (Å²) in [5.41, 5.74) is 3.63. The number of hydrogen-bond donors (Lipinski definition) is 2. The summed E-state index contributed by atoms with van der Waals surface area (Å²) >= 11 is 0. The largest absolute Gasteiger partial charge is 0.386 e. The van der Waals surface area contributed by atoms with Gasteiger partial charge in [0.05, 0.1) is 29.5 Å². The molecule has 0 radical (unpaired) electrons. The van der Waals surface area contributed by atoms with Crippen LogP contribution in [0.25, 0.3) is 0 Å². The molecule has 0 bridgehead atoms. The topological polar surface area (TPSA) is 98.0 Å². The molecule has 0 saturated carbocycles. The molecule has 3 aromatic rings. The fourth-order valence-electron chi connectivity index (χ4n) is 3.38. The number of fused-ring (bicyclic) bond motifs is 1. The SMILES string of the molecule is CC(C)(O)c1ccc(Nc2ncnc3c2CCN(c2ccc(C#N)cc2)C3)nc1. The van der Waals surface area contributed by atoms with E-state index in [1.807, 2.05) is 36.4 Å². The molecule has 1 aromatic carbocycles. The van der Waals surface area contributed by atoms with Gasteiger partial charge in [0, 0.05) is 29.6 Å². The average Bonchev–Trinajstić information content (AvgIpc) is 2.73. The summed E-state index contributed by atoms with van der Waals surface area (Å²) in [6.45, 7) is 4.99. The minimum absolute atomic E-state index is 0.656. The van der Waals surface area contributed by atoms with Crippen LogP contribution < -0.4 is 10.2 Å². The van der Waals surface area contributed by atoms with Crippen molar-refractivity contribution in [1.82, 2.24) is 15.0 Å². The highest BCUT2D eigenvalue weighted by atomic mass is 16.3. The Balaban J connectivity index is 1.53. The molecule has 0 saturated heterocycles. The number of nitriles is 1. The molecule has 7 nitrogen and oxygen atoms in total. The minimum atomic E-state index is -0.922. The maximum atomic E-state index is 10.1. The van der Waals surface area contributed by atoms with Gasteiger partial charge in [-0.1, -0.05) is 6.07 Å². The molecule has 3 heterocycles. The van der Waals surface area contributed by atoms with E-state index >= 15 is 0 Å².